The summed E-state index contributed by atoms with van der Waals surface area (Å²) < 4.78 is 5.77. The van der Waals surface area contributed by atoms with Gasteiger partial charge in [0.15, 0.2) is 0 Å². The molecule has 1 aliphatic heterocycles. The van der Waals surface area contributed by atoms with Crippen molar-refractivity contribution in [3.8, 4) is 17.7 Å². The first-order valence-electron chi connectivity index (χ1n) is 9.32. The summed E-state index contributed by atoms with van der Waals surface area (Å²) in [7, 11) is 0. The van der Waals surface area contributed by atoms with Gasteiger partial charge in [0.05, 0.1) is 11.6 Å². The van der Waals surface area contributed by atoms with Crippen LogP contribution in [-0.4, -0.2) is 40.0 Å². The third-order valence-electron chi connectivity index (χ3n) is 5.00. The van der Waals surface area contributed by atoms with Gasteiger partial charge in [-0.2, -0.15) is 10.2 Å². The Kier molecular flexibility index (Phi) is 4.98. The van der Waals surface area contributed by atoms with Gasteiger partial charge in [-0.15, -0.1) is 0 Å². The van der Waals surface area contributed by atoms with Crippen LogP contribution in [0.4, 0.5) is 5.95 Å². The Labute approximate surface area is 153 Å². The van der Waals surface area contributed by atoms with Crippen LogP contribution in [0.1, 0.15) is 37.7 Å². The first kappa shape index (κ1) is 16.8. The van der Waals surface area contributed by atoms with Crippen LogP contribution in [0.5, 0.6) is 11.6 Å². The first-order valence-corrected chi connectivity index (χ1v) is 9.32. The molecule has 1 saturated carbocycles. The molecular formula is C20H23N5O. The van der Waals surface area contributed by atoms with E-state index in [0.29, 0.717) is 29.2 Å². The van der Waals surface area contributed by atoms with Gasteiger partial charge in [-0.05, 0) is 50.4 Å². The van der Waals surface area contributed by atoms with Crippen LogP contribution in [0.15, 0.2) is 36.5 Å². The minimum absolute atomic E-state index is 0.472. The largest absolute Gasteiger partial charge is 0.439 e. The fraction of sp³-hybridized carbons (Fsp3) is 0.450. The molecule has 0 radical (unpaired) electrons. The number of nitriles is 1. The monoisotopic (exact) mass is 349 g/mol. The van der Waals surface area contributed by atoms with E-state index in [4.69, 9.17) is 10.00 Å². The van der Waals surface area contributed by atoms with Gasteiger partial charge in [-0.1, -0.05) is 12.5 Å². The topological polar surface area (TPSA) is 74.1 Å². The van der Waals surface area contributed by atoms with E-state index in [9.17, 15) is 0 Å². The number of nitrogens with one attached hydrogen (secondary N) is 1. The average molecular weight is 349 g/mol. The van der Waals surface area contributed by atoms with Crippen LogP contribution in [0.2, 0.25) is 0 Å². The van der Waals surface area contributed by atoms with Crippen molar-refractivity contribution in [2.45, 2.75) is 44.2 Å². The summed E-state index contributed by atoms with van der Waals surface area (Å²) >= 11 is 0. The molecule has 2 aliphatic rings. The molecule has 6 nitrogen and oxygen atoms in total. The van der Waals surface area contributed by atoms with Gasteiger partial charge in [-0.25, -0.2) is 4.98 Å². The highest BCUT2D eigenvalue weighted by Crippen LogP contribution is 2.32. The lowest BCUT2D eigenvalue weighted by atomic mass is 10.0. The third kappa shape index (κ3) is 4.12. The zero-order valence-electron chi connectivity index (χ0n) is 14.8. The lowest BCUT2D eigenvalue weighted by molar-refractivity contribution is 0.147. The summed E-state index contributed by atoms with van der Waals surface area (Å²) in [6.07, 6.45) is 8.23. The van der Waals surface area contributed by atoms with E-state index in [2.05, 4.69) is 26.3 Å². The van der Waals surface area contributed by atoms with Crippen LogP contribution in [0.25, 0.3) is 0 Å². The number of nitrogens with zero attached hydrogens (tertiary/aromatic N) is 4. The van der Waals surface area contributed by atoms with Crippen LogP contribution in [-0.2, 0) is 0 Å². The van der Waals surface area contributed by atoms with Crippen molar-refractivity contribution in [1.29, 1.82) is 5.26 Å². The Hall–Kier alpha value is -2.65. The van der Waals surface area contributed by atoms with E-state index in [-0.39, 0.29) is 0 Å². The number of piperidine rings is 1. The highest BCUT2D eigenvalue weighted by atomic mass is 16.5. The number of anilines is 1. The number of aromatic nitrogens is 2. The van der Waals surface area contributed by atoms with E-state index < -0.39 is 0 Å². The zero-order valence-corrected chi connectivity index (χ0v) is 14.8. The molecule has 0 amide bonds. The van der Waals surface area contributed by atoms with Crippen molar-refractivity contribution >= 4 is 5.95 Å². The minimum Gasteiger partial charge on any atom is -0.439 e. The molecule has 0 spiro atoms. The molecule has 2 fully saturated rings. The number of ether oxygens (including phenoxy) is 1. The van der Waals surface area contributed by atoms with Crippen molar-refractivity contribution in [2.24, 2.45) is 0 Å². The van der Waals surface area contributed by atoms with Crippen LogP contribution < -0.4 is 10.1 Å². The Morgan fingerprint density at radius 3 is 3.00 bits per heavy atom. The molecule has 1 aromatic carbocycles. The van der Waals surface area contributed by atoms with Crippen LogP contribution in [0.3, 0.4) is 0 Å². The summed E-state index contributed by atoms with van der Waals surface area (Å²) in [6, 6.07) is 12.2. The second-order valence-electron chi connectivity index (χ2n) is 6.96. The van der Waals surface area contributed by atoms with Crippen molar-refractivity contribution in [3.05, 3.63) is 42.1 Å². The van der Waals surface area contributed by atoms with E-state index >= 15 is 0 Å². The molecule has 2 aromatic rings. The molecule has 2 heterocycles. The van der Waals surface area contributed by atoms with Gasteiger partial charge in [0.1, 0.15) is 5.75 Å². The van der Waals surface area contributed by atoms with Crippen LogP contribution >= 0.6 is 0 Å². The standard InChI is InChI=1S/C20H23N5O/c21-13-15-4-3-6-18(12-15)26-19-9-10-22-20(24-19)23-14-17-5-1-2-11-25(17)16-7-8-16/h3-4,6,9-10,12,16-17H,1-2,5,7-8,11,14H2,(H,22,23,24). The second kappa shape index (κ2) is 7.71. The SMILES string of the molecule is N#Cc1cccc(Oc2ccnc(NCC3CCCCN3C3CC3)n2)c1. The Morgan fingerprint density at radius 1 is 1.23 bits per heavy atom. The summed E-state index contributed by atoms with van der Waals surface area (Å²) in [6.45, 7) is 2.08. The van der Waals surface area contributed by atoms with Gasteiger partial charge < -0.3 is 10.1 Å². The van der Waals surface area contributed by atoms with Gasteiger partial charge in [-0.3, -0.25) is 4.90 Å². The summed E-state index contributed by atoms with van der Waals surface area (Å²) in [4.78, 5) is 11.4. The fourth-order valence-electron chi connectivity index (χ4n) is 3.57. The molecule has 0 bridgehead atoms. The summed E-state index contributed by atoms with van der Waals surface area (Å²) in [5, 5.41) is 12.4. The zero-order chi connectivity index (χ0) is 17.8. The van der Waals surface area contributed by atoms with E-state index in [1.54, 1.807) is 30.5 Å². The van der Waals surface area contributed by atoms with Crippen molar-refractivity contribution in [2.75, 3.05) is 18.4 Å². The quantitative estimate of drug-likeness (QED) is 0.859. The van der Waals surface area contributed by atoms with Gasteiger partial charge in [0.25, 0.3) is 0 Å². The Bertz CT molecular complexity index is 799. The number of hydrogen-bond donors (Lipinski definition) is 1. The maximum atomic E-state index is 8.99. The molecule has 1 aliphatic carbocycles. The fourth-order valence-corrected chi connectivity index (χ4v) is 3.57. The van der Waals surface area contributed by atoms with Crippen molar-refractivity contribution in [1.82, 2.24) is 14.9 Å². The second-order valence-corrected chi connectivity index (χ2v) is 6.96. The molecule has 1 unspecified atom stereocenters. The number of likely N-dealkylation sites (tertiary alicyclic amines) is 1. The molecule has 26 heavy (non-hydrogen) atoms. The molecule has 1 saturated heterocycles. The summed E-state index contributed by atoms with van der Waals surface area (Å²) in [5.41, 5.74) is 0.562. The van der Waals surface area contributed by atoms with E-state index in [1.165, 1.54) is 38.6 Å². The predicted octanol–water partition coefficient (Wildman–Crippen LogP) is 3.57. The van der Waals surface area contributed by atoms with Crippen molar-refractivity contribution in [3.63, 3.8) is 0 Å². The van der Waals surface area contributed by atoms with Gasteiger partial charge in [0.2, 0.25) is 11.8 Å². The minimum atomic E-state index is 0.472. The van der Waals surface area contributed by atoms with Crippen molar-refractivity contribution < 1.29 is 4.74 Å². The molecular weight excluding hydrogens is 326 g/mol. The lowest BCUT2D eigenvalue weighted by Crippen LogP contribution is -2.44. The molecule has 6 heteroatoms. The van der Waals surface area contributed by atoms with Crippen LogP contribution in [0, 0.1) is 11.3 Å². The molecule has 1 atom stereocenters. The highest BCUT2D eigenvalue weighted by molar-refractivity contribution is 5.38. The normalized spacial score (nSPS) is 20.3. The summed E-state index contributed by atoms with van der Waals surface area (Å²) in [5.74, 6) is 1.65. The number of rotatable bonds is 6. The van der Waals surface area contributed by atoms with Gasteiger partial charge in [0, 0.05) is 30.9 Å². The Morgan fingerprint density at radius 2 is 2.15 bits per heavy atom. The lowest BCUT2D eigenvalue weighted by Gasteiger charge is -2.36. The maximum Gasteiger partial charge on any atom is 0.226 e. The molecule has 1 aromatic heterocycles. The predicted molar refractivity (Wildman–Crippen MR) is 99.1 cm³/mol. The molecule has 4 rings (SSSR count). The number of benzene rings is 1. The Balaban J connectivity index is 1.38. The maximum absolute atomic E-state index is 8.99. The van der Waals surface area contributed by atoms with E-state index in [1.807, 2.05) is 6.07 Å². The molecule has 134 valence electrons. The third-order valence-corrected chi connectivity index (χ3v) is 5.00. The average Bonchev–Trinajstić information content (AvgIpc) is 3.52. The smallest absolute Gasteiger partial charge is 0.226 e. The molecule has 1 N–H and O–H groups in total. The number of hydrogen-bond acceptors (Lipinski definition) is 6. The highest BCUT2D eigenvalue weighted by Gasteiger charge is 2.35. The first-order chi connectivity index (χ1) is 12.8. The van der Waals surface area contributed by atoms with E-state index in [0.717, 1.165) is 12.6 Å². The van der Waals surface area contributed by atoms with Gasteiger partial charge >= 0.3 is 0 Å².